The van der Waals surface area contributed by atoms with E-state index < -0.39 is 12.6 Å². The first kappa shape index (κ1) is 17.8. The van der Waals surface area contributed by atoms with Crippen LogP contribution in [0.1, 0.15) is 21.5 Å². The maximum atomic E-state index is 12.9. The van der Waals surface area contributed by atoms with Crippen molar-refractivity contribution in [3.8, 4) is 11.5 Å². The maximum Gasteiger partial charge on any atom is 0.341 e. The number of carboxylic acid groups (broad SMARTS) is 1. The molecule has 0 aliphatic carbocycles. The minimum atomic E-state index is -1.05. The average Bonchev–Trinajstić information content (AvgIpc) is 2.88. The molecular formula is C20H21NO5. The third-order valence-corrected chi connectivity index (χ3v) is 4.46. The lowest BCUT2D eigenvalue weighted by atomic mass is 10.0. The van der Waals surface area contributed by atoms with Crippen molar-refractivity contribution in [3.05, 3.63) is 59.2 Å². The molecule has 1 amide bonds. The minimum absolute atomic E-state index is 0.0856. The zero-order valence-electron chi connectivity index (χ0n) is 14.6. The SMILES string of the molecule is COc1cccc2c1CCN(C(=O)c1cccc(OCC(=O)O)c1)CC2. The summed E-state index contributed by atoms with van der Waals surface area (Å²) in [5, 5.41) is 8.71. The summed E-state index contributed by atoms with van der Waals surface area (Å²) < 4.78 is 10.6. The number of carboxylic acids is 1. The molecule has 0 radical (unpaired) electrons. The normalized spacial score (nSPS) is 13.5. The van der Waals surface area contributed by atoms with Crippen molar-refractivity contribution in [2.45, 2.75) is 12.8 Å². The molecule has 0 unspecified atom stereocenters. The molecule has 1 aliphatic heterocycles. The molecule has 3 rings (SSSR count). The third kappa shape index (κ3) is 3.96. The smallest absolute Gasteiger partial charge is 0.341 e. The highest BCUT2D eigenvalue weighted by Crippen LogP contribution is 2.26. The summed E-state index contributed by atoms with van der Waals surface area (Å²) in [5.74, 6) is 0.0948. The quantitative estimate of drug-likeness (QED) is 0.891. The van der Waals surface area contributed by atoms with Gasteiger partial charge in [-0.25, -0.2) is 4.79 Å². The van der Waals surface area contributed by atoms with Crippen molar-refractivity contribution in [3.63, 3.8) is 0 Å². The minimum Gasteiger partial charge on any atom is -0.496 e. The van der Waals surface area contributed by atoms with Crippen LogP contribution in [0.15, 0.2) is 42.5 Å². The van der Waals surface area contributed by atoms with Gasteiger partial charge in [-0.1, -0.05) is 18.2 Å². The summed E-state index contributed by atoms with van der Waals surface area (Å²) in [6.45, 7) is 0.794. The van der Waals surface area contributed by atoms with Crippen LogP contribution in [0.3, 0.4) is 0 Å². The fraction of sp³-hybridized carbons (Fsp3) is 0.300. The number of carbonyl (C=O) groups excluding carboxylic acids is 1. The fourth-order valence-corrected chi connectivity index (χ4v) is 3.18. The van der Waals surface area contributed by atoms with Gasteiger partial charge in [-0.05, 0) is 48.2 Å². The van der Waals surface area contributed by atoms with E-state index in [1.807, 2.05) is 17.0 Å². The molecule has 1 heterocycles. The Hall–Kier alpha value is -3.02. The summed E-state index contributed by atoms with van der Waals surface area (Å²) in [7, 11) is 1.66. The Morgan fingerprint density at radius 2 is 1.88 bits per heavy atom. The highest BCUT2D eigenvalue weighted by molar-refractivity contribution is 5.94. The lowest BCUT2D eigenvalue weighted by Gasteiger charge is -2.20. The van der Waals surface area contributed by atoms with Crippen molar-refractivity contribution >= 4 is 11.9 Å². The Bertz CT molecular complexity index is 818. The van der Waals surface area contributed by atoms with Gasteiger partial charge in [0.1, 0.15) is 11.5 Å². The summed E-state index contributed by atoms with van der Waals surface area (Å²) in [6.07, 6.45) is 1.51. The van der Waals surface area contributed by atoms with Gasteiger partial charge in [0.25, 0.3) is 5.91 Å². The largest absolute Gasteiger partial charge is 0.496 e. The number of amides is 1. The first-order valence-corrected chi connectivity index (χ1v) is 8.47. The predicted octanol–water partition coefficient (Wildman–Crippen LogP) is 2.40. The van der Waals surface area contributed by atoms with Gasteiger partial charge in [0, 0.05) is 18.7 Å². The highest BCUT2D eigenvalue weighted by atomic mass is 16.5. The maximum absolute atomic E-state index is 12.9. The molecule has 2 aromatic rings. The van der Waals surface area contributed by atoms with Gasteiger partial charge in [0.05, 0.1) is 7.11 Å². The number of benzene rings is 2. The summed E-state index contributed by atoms with van der Waals surface area (Å²) in [6, 6.07) is 12.6. The van der Waals surface area contributed by atoms with E-state index in [0.717, 1.165) is 24.2 Å². The Labute approximate surface area is 152 Å². The molecule has 1 aliphatic rings. The van der Waals surface area contributed by atoms with Gasteiger partial charge in [0.15, 0.2) is 6.61 Å². The van der Waals surface area contributed by atoms with E-state index in [9.17, 15) is 9.59 Å². The molecule has 2 aromatic carbocycles. The number of aliphatic carboxylic acids is 1. The van der Waals surface area contributed by atoms with E-state index in [1.54, 1.807) is 31.4 Å². The number of nitrogens with zero attached hydrogens (tertiary/aromatic N) is 1. The molecular weight excluding hydrogens is 334 g/mol. The summed E-state index contributed by atoms with van der Waals surface area (Å²) >= 11 is 0. The standard InChI is InChI=1S/C20H21NO5/c1-25-18-7-3-4-14-8-10-21(11-9-17(14)18)20(24)15-5-2-6-16(12-15)26-13-19(22)23/h2-7,12H,8-11,13H2,1H3,(H,22,23). The highest BCUT2D eigenvalue weighted by Gasteiger charge is 2.21. The molecule has 6 heteroatoms. The van der Waals surface area contributed by atoms with Crippen LogP contribution in [0, 0.1) is 0 Å². The van der Waals surface area contributed by atoms with E-state index in [1.165, 1.54) is 5.56 Å². The van der Waals surface area contributed by atoms with Crippen LogP contribution in [0.2, 0.25) is 0 Å². The topological polar surface area (TPSA) is 76.1 Å². The predicted molar refractivity (Wildman–Crippen MR) is 95.9 cm³/mol. The Kier molecular flexibility index (Phi) is 5.41. The second-order valence-electron chi connectivity index (χ2n) is 6.10. The summed E-state index contributed by atoms with van der Waals surface area (Å²) in [4.78, 5) is 25.3. The van der Waals surface area contributed by atoms with E-state index >= 15 is 0 Å². The molecule has 1 N–H and O–H groups in total. The number of carbonyl (C=O) groups is 2. The molecule has 0 atom stereocenters. The Morgan fingerprint density at radius 3 is 2.65 bits per heavy atom. The van der Waals surface area contributed by atoms with Crippen LogP contribution in [-0.4, -0.2) is 48.7 Å². The number of methoxy groups -OCH3 is 1. The molecule has 136 valence electrons. The van der Waals surface area contributed by atoms with E-state index in [-0.39, 0.29) is 5.91 Å². The zero-order valence-corrected chi connectivity index (χ0v) is 14.6. The van der Waals surface area contributed by atoms with Crippen molar-refractivity contribution in [1.29, 1.82) is 0 Å². The van der Waals surface area contributed by atoms with Gasteiger partial charge in [-0.15, -0.1) is 0 Å². The van der Waals surface area contributed by atoms with Crippen molar-refractivity contribution in [2.24, 2.45) is 0 Å². The Balaban J connectivity index is 1.73. The molecule has 0 bridgehead atoms. The van der Waals surface area contributed by atoms with Crippen molar-refractivity contribution in [1.82, 2.24) is 4.90 Å². The van der Waals surface area contributed by atoms with Crippen LogP contribution in [-0.2, 0) is 17.6 Å². The van der Waals surface area contributed by atoms with Gasteiger partial charge in [-0.3, -0.25) is 4.79 Å². The van der Waals surface area contributed by atoms with E-state index in [4.69, 9.17) is 14.6 Å². The Morgan fingerprint density at radius 1 is 1.12 bits per heavy atom. The molecule has 26 heavy (non-hydrogen) atoms. The number of rotatable bonds is 5. The number of ether oxygens (including phenoxy) is 2. The van der Waals surface area contributed by atoms with Crippen LogP contribution < -0.4 is 9.47 Å². The lowest BCUT2D eigenvalue weighted by molar-refractivity contribution is -0.139. The van der Waals surface area contributed by atoms with Crippen molar-refractivity contribution in [2.75, 3.05) is 26.8 Å². The lowest BCUT2D eigenvalue weighted by Crippen LogP contribution is -2.33. The van der Waals surface area contributed by atoms with E-state index in [2.05, 4.69) is 6.07 Å². The number of hydrogen-bond donors (Lipinski definition) is 1. The molecule has 6 nitrogen and oxygen atoms in total. The van der Waals surface area contributed by atoms with Crippen LogP contribution in [0.25, 0.3) is 0 Å². The monoisotopic (exact) mass is 355 g/mol. The second-order valence-corrected chi connectivity index (χ2v) is 6.10. The van der Waals surface area contributed by atoms with Gasteiger partial charge in [0.2, 0.25) is 0 Å². The van der Waals surface area contributed by atoms with Crippen LogP contribution in [0.5, 0.6) is 11.5 Å². The molecule has 0 fully saturated rings. The van der Waals surface area contributed by atoms with Crippen LogP contribution in [0.4, 0.5) is 0 Å². The average molecular weight is 355 g/mol. The molecule has 0 saturated heterocycles. The number of hydrogen-bond acceptors (Lipinski definition) is 4. The third-order valence-electron chi connectivity index (χ3n) is 4.46. The molecule has 0 saturated carbocycles. The van der Waals surface area contributed by atoms with E-state index in [0.29, 0.717) is 24.4 Å². The van der Waals surface area contributed by atoms with Crippen LogP contribution >= 0.6 is 0 Å². The van der Waals surface area contributed by atoms with Crippen molar-refractivity contribution < 1.29 is 24.2 Å². The number of fused-ring (bicyclic) bond motifs is 1. The second kappa shape index (κ2) is 7.91. The van der Waals surface area contributed by atoms with Gasteiger partial charge in [-0.2, -0.15) is 0 Å². The van der Waals surface area contributed by atoms with Gasteiger partial charge < -0.3 is 19.5 Å². The fourth-order valence-electron chi connectivity index (χ4n) is 3.18. The first-order valence-electron chi connectivity index (χ1n) is 8.47. The molecule has 0 aromatic heterocycles. The summed E-state index contributed by atoms with van der Waals surface area (Å²) in [5.41, 5.74) is 2.85. The first-order chi connectivity index (χ1) is 12.6. The zero-order chi connectivity index (χ0) is 18.5. The van der Waals surface area contributed by atoms with Gasteiger partial charge >= 0.3 is 5.97 Å². The molecule has 0 spiro atoms.